The summed E-state index contributed by atoms with van der Waals surface area (Å²) in [5.41, 5.74) is -0.0538. The number of H-pyrrole nitrogens is 1. The third kappa shape index (κ3) is 3.07. The lowest BCUT2D eigenvalue weighted by atomic mass is 10.2. The Morgan fingerprint density at radius 1 is 1.50 bits per heavy atom. The number of benzene rings is 1. The fourth-order valence-electron chi connectivity index (χ4n) is 1.50. The molecule has 18 heavy (non-hydrogen) atoms. The number of amides is 1. The second-order valence-corrected chi connectivity index (χ2v) is 4.10. The molecule has 0 atom stereocenters. The maximum Gasteiger partial charge on any atom is 0.254 e. The van der Waals surface area contributed by atoms with Gasteiger partial charge in [-0.25, -0.2) is 9.37 Å². The topological polar surface area (TPSA) is 57.8 Å². The average molecular weight is 268 g/mol. The summed E-state index contributed by atoms with van der Waals surface area (Å²) in [6.45, 7) is 0.373. The van der Waals surface area contributed by atoms with E-state index in [4.69, 9.17) is 11.6 Å². The Kier molecular flexibility index (Phi) is 3.94. The van der Waals surface area contributed by atoms with Crippen LogP contribution >= 0.6 is 11.6 Å². The van der Waals surface area contributed by atoms with Gasteiger partial charge in [-0.3, -0.25) is 4.79 Å². The Morgan fingerprint density at radius 3 is 3.06 bits per heavy atom. The van der Waals surface area contributed by atoms with E-state index < -0.39 is 11.7 Å². The van der Waals surface area contributed by atoms with Crippen LogP contribution in [-0.4, -0.2) is 22.4 Å². The number of nitrogens with one attached hydrogen (secondary N) is 2. The van der Waals surface area contributed by atoms with Crippen LogP contribution in [0.5, 0.6) is 0 Å². The van der Waals surface area contributed by atoms with Crippen molar-refractivity contribution in [3.05, 3.63) is 52.8 Å². The molecule has 2 aromatic rings. The first-order valence-corrected chi connectivity index (χ1v) is 5.76. The molecule has 4 nitrogen and oxygen atoms in total. The zero-order chi connectivity index (χ0) is 13.0. The van der Waals surface area contributed by atoms with Crippen molar-refractivity contribution in [2.75, 3.05) is 6.54 Å². The molecule has 0 bridgehead atoms. The molecule has 0 unspecified atom stereocenters. The second-order valence-electron chi connectivity index (χ2n) is 3.67. The van der Waals surface area contributed by atoms with Crippen LogP contribution in [0.2, 0.25) is 5.02 Å². The number of halogens is 2. The van der Waals surface area contributed by atoms with E-state index in [1.807, 2.05) is 0 Å². The van der Waals surface area contributed by atoms with Crippen molar-refractivity contribution in [3.8, 4) is 0 Å². The van der Waals surface area contributed by atoms with Gasteiger partial charge in [0.15, 0.2) is 0 Å². The monoisotopic (exact) mass is 267 g/mol. The van der Waals surface area contributed by atoms with Gasteiger partial charge in [0.1, 0.15) is 11.6 Å². The number of nitrogens with zero attached hydrogens (tertiary/aromatic N) is 1. The number of rotatable bonds is 4. The van der Waals surface area contributed by atoms with E-state index in [0.29, 0.717) is 18.0 Å². The summed E-state index contributed by atoms with van der Waals surface area (Å²) < 4.78 is 13.4. The highest BCUT2D eigenvalue weighted by molar-refractivity contribution is 6.30. The van der Waals surface area contributed by atoms with Crippen LogP contribution in [0.1, 0.15) is 16.2 Å². The predicted octanol–water partition coefficient (Wildman–Crippen LogP) is 2.17. The minimum absolute atomic E-state index is 0.0538. The number of imidazole rings is 1. The number of carbonyl (C=O) groups excluding carboxylic acids is 1. The van der Waals surface area contributed by atoms with Gasteiger partial charge in [-0.05, 0) is 18.2 Å². The molecule has 0 radical (unpaired) electrons. The Hall–Kier alpha value is -1.88. The van der Waals surface area contributed by atoms with Crippen molar-refractivity contribution in [2.24, 2.45) is 0 Å². The smallest absolute Gasteiger partial charge is 0.254 e. The Labute approximate surface area is 108 Å². The third-order valence-electron chi connectivity index (χ3n) is 2.38. The van der Waals surface area contributed by atoms with Crippen LogP contribution in [0.25, 0.3) is 0 Å². The first-order valence-electron chi connectivity index (χ1n) is 5.38. The quantitative estimate of drug-likeness (QED) is 0.892. The van der Waals surface area contributed by atoms with Crippen LogP contribution in [0.4, 0.5) is 4.39 Å². The predicted molar refractivity (Wildman–Crippen MR) is 66.0 cm³/mol. The Bertz CT molecular complexity index is 542. The lowest BCUT2D eigenvalue weighted by Gasteiger charge is -2.05. The Balaban J connectivity index is 1.93. The van der Waals surface area contributed by atoms with Gasteiger partial charge in [-0.2, -0.15) is 0 Å². The highest BCUT2D eigenvalue weighted by Gasteiger charge is 2.11. The minimum Gasteiger partial charge on any atom is -0.351 e. The highest BCUT2D eigenvalue weighted by atomic mass is 35.5. The number of aromatic nitrogens is 2. The first-order chi connectivity index (χ1) is 8.66. The summed E-state index contributed by atoms with van der Waals surface area (Å²) in [6, 6.07) is 3.87. The van der Waals surface area contributed by atoms with Crippen molar-refractivity contribution in [3.63, 3.8) is 0 Å². The number of hydrogen-bond acceptors (Lipinski definition) is 2. The van der Waals surface area contributed by atoms with E-state index in [2.05, 4.69) is 15.3 Å². The normalized spacial score (nSPS) is 10.3. The standard InChI is InChI=1S/C12H11ClFN3O/c13-8-1-2-10(14)9(7-8)12(18)17-4-3-11-15-5-6-16-11/h1-2,5-7H,3-4H2,(H,15,16)(H,17,18). The summed E-state index contributed by atoms with van der Waals surface area (Å²) >= 11 is 5.71. The SMILES string of the molecule is O=C(NCCc1ncc[nH]1)c1cc(Cl)ccc1F. The zero-order valence-electron chi connectivity index (χ0n) is 9.41. The molecule has 0 saturated heterocycles. The van der Waals surface area contributed by atoms with E-state index in [1.165, 1.54) is 18.2 Å². The van der Waals surface area contributed by atoms with Gasteiger partial charge in [-0.1, -0.05) is 11.6 Å². The summed E-state index contributed by atoms with van der Waals surface area (Å²) in [4.78, 5) is 18.6. The lowest BCUT2D eigenvalue weighted by molar-refractivity contribution is 0.0950. The molecule has 2 rings (SSSR count). The molecule has 0 saturated carbocycles. The molecule has 2 N–H and O–H groups in total. The molecule has 1 aromatic heterocycles. The van der Waals surface area contributed by atoms with Gasteiger partial charge in [0.05, 0.1) is 5.56 Å². The van der Waals surface area contributed by atoms with Gasteiger partial charge in [0.25, 0.3) is 5.91 Å². The molecular formula is C12H11ClFN3O. The van der Waals surface area contributed by atoms with E-state index in [0.717, 1.165) is 5.82 Å². The Morgan fingerprint density at radius 2 is 2.33 bits per heavy atom. The summed E-state index contributed by atoms with van der Waals surface area (Å²) in [5.74, 6) is -0.307. The van der Waals surface area contributed by atoms with Crippen molar-refractivity contribution in [1.29, 1.82) is 0 Å². The fraction of sp³-hybridized carbons (Fsp3) is 0.167. The molecule has 1 heterocycles. The van der Waals surface area contributed by atoms with Crippen LogP contribution in [0.3, 0.4) is 0 Å². The van der Waals surface area contributed by atoms with Crippen LogP contribution in [0, 0.1) is 5.82 Å². The summed E-state index contributed by atoms with van der Waals surface area (Å²) in [6.07, 6.45) is 3.89. The lowest BCUT2D eigenvalue weighted by Crippen LogP contribution is -2.26. The molecule has 0 aliphatic rings. The molecule has 94 valence electrons. The largest absolute Gasteiger partial charge is 0.351 e. The fourth-order valence-corrected chi connectivity index (χ4v) is 1.67. The molecule has 0 fully saturated rings. The number of hydrogen-bond donors (Lipinski definition) is 2. The molecule has 6 heteroatoms. The summed E-state index contributed by atoms with van der Waals surface area (Å²) in [7, 11) is 0. The van der Waals surface area contributed by atoms with Crippen molar-refractivity contribution in [2.45, 2.75) is 6.42 Å². The number of carbonyl (C=O) groups is 1. The summed E-state index contributed by atoms with van der Waals surface area (Å²) in [5, 5.41) is 2.93. The van der Waals surface area contributed by atoms with E-state index in [1.54, 1.807) is 12.4 Å². The van der Waals surface area contributed by atoms with Gasteiger partial charge >= 0.3 is 0 Å². The van der Waals surface area contributed by atoms with Crippen molar-refractivity contribution in [1.82, 2.24) is 15.3 Å². The van der Waals surface area contributed by atoms with Gasteiger partial charge in [0.2, 0.25) is 0 Å². The van der Waals surface area contributed by atoms with E-state index in [-0.39, 0.29) is 5.56 Å². The molecule has 0 aliphatic carbocycles. The van der Waals surface area contributed by atoms with Gasteiger partial charge in [0, 0.05) is 30.4 Å². The van der Waals surface area contributed by atoms with E-state index in [9.17, 15) is 9.18 Å². The first kappa shape index (κ1) is 12.6. The molecular weight excluding hydrogens is 257 g/mol. The third-order valence-corrected chi connectivity index (χ3v) is 2.61. The molecule has 1 aromatic carbocycles. The van der Waals surface area contributed by atoms with Crippen LogP contribution in [0.15, 0.2) is 30.6 Å². The van der Waals surface area contributed by atoms with Gasteiger partial charge < -0.3 is 10.3 Å². The van der Waals surface area contributed by atoms with Crippen molar-refractivity contribution >= 4 is 17.5 Å². The zero-order valence-corrected chi connectivity index (χ0v) is 10.2. The second kappa shape index (κ2) is 5.64. The highest BCUT2D eigenvalue weighted by Crippen LogP contribution is 2.14. The number of aromatic amines is 1. The molecule has 0 aliphatic heterocycles. The maximum absolute atomic E-state index is 13.4. The minimum atomic E-state index is -0.588. The molecule has 0 spiro atoms. The average Bonchev–Trinajstić information content (AvgIpc) is 2.85. The van der Waals surface area contributed by atoms with Crippen molar-refractivity contribution < 1.29 is 9.18 Å². The van der Waals surface area contributed by atoms with Gasteiger partial charge in [-0.15, -0.1) is 0 Å². The maximum atomic E-state index is 13.4. The molecule has 1 amide bonds. The van der Waals surface area contributed by atoms with Crippen LogP contribution in [-0.2, 0) is 6.42 Å². The van der Waals surface area contributed by atoms with Crippen LogP contribution < -0.4 is 5.32 Å². The van der Waals surface area contributed by atoms with E-state index >= 15 is 0 Å².